The lowest BCUT2D eigenvalue weighted by atomic mass is 9.98. The maximum atomic E-state index is 6.24. The van der Waals surface area contributed by atoms with Crippen LogP contribution in [-0.4, -0.2) is 6.04 Å². The van der Waals surface area contributed by atoms with Crippen LogP contribution in [0.3, 0.4) is 0 Å². The van der Waals surface area contributed by atoms with E-state index in [0.717, 1.165) is 33.3 Å². The predicted octanol–water partition coefficient (Wildman–Crippen LogP) is 5.22. The largest absolute Gasteiger partial charge is 0.310 e. The van der Waals surface area contributed by atoms with Crippen molar-refractivity contribution in [3.05, 3.63) is 57.6 Å². The number of hydrogen-bond donors (Lipinski definition) is 1. The van der Waals surface area contributed by atoms with Gasteiger partial charge in [0.2, 0.25) is 0 Å². The van der Waals surface area contributed by atoms with Crippen LogP contribution in [0.15, 0.2) is 36.4 Å². The van der Waals surface area contributed by atoms with Gasteiger partial charge in [-0.2, -0.15) is 0 Å². The molecule has 1 aliphatic carbocycles. The van der Waals surface area contributed by atoms with Gasteiger partial charge in [0.15, 0.2) is 0 Å². The van der Waals surface area contributed by atoms with Crippen LogP contribution in [0.5, 0.6) is 0 Å². The van der Waals surface area contributed by atoms with E-state index < -0.39 is 0 Å². The maximum Gasteiger partial charge on any atom is 0.0441 e. The summed E-state index contributed by atoms with van der Waals surface area (Å²) in [6, 6.07) is 12.9. The van der Waals surface area contributed by atoms with Gasteiger partial charge in [-0.05, 0) is 60.2 Å². The number of hydrogen-bond acceptors (Lipinski definition) is 1. The topological polar surface area (TPSA) is 12.0 Å². The first-order chi connectivity index (χ1) is 9.63. The summed E-state index contributed by atoms with van der Waals surface area (Å²) in [5.74, 6) is 0. The molecular formula is C17H17Cl2N. The Kier molecular flexibility index (Phi) is 4.02. The van der Waals surface area contributed by atoms with E-state index in [9.17, 15) is 0 Å². The van der Waals surface area contributed by atoms with Crippen LogP contribution < -0.4 is 5.32 Å². The highest BCUT2D eigenvalue weighted by atomic mass is 35.5. The highest BCUT2D eigenvalue weighted by molar-refractivity contribution is 6.32. The van der Waals surface area contributed by atoms with Crippen LogP contribution in [0, 0.1) is 6.92 Å². The summed E-state index contributed by atoms with van der Waals surface area (Å²) in [5, 5.41) is 5.10. The van der Waals surface area contributed by atoms with Crippen LogP contribution in [0.1, 0.15) is 24.0 Å². The molecule has 0 heterocycles. The monoisotopic (exact) mass is 305 g/mol. The van der Waals surface area contributed by atoms with E-state index in [2.05, 4.69) is 23.5 Å². The summed E-state index contributed by atoms with van der Waals surface area (Å²) in [7, 11) is 0. The summed E-state index contributed by atoms with van der Waals surface area (Å²) < 4.78 is 0. The summed E-state index contributed by atoms with van der Waals surface area (Å²) in [5.41, 5.74) is 4.64. The van der Waals surface area contributed by atoms with Crippen molar-refractivity contribution in [1.29, 1.82) is 0 Å². The van der Waals surface area contributed by atoms with Crippen LogP contribution in [0.2, 0.25) is 10.0 Å². The SMILES string of the molecule is Cc1ccc(-c2cc(Cl)ccc2CNC2CC2)cc1Cl. The lowest BCUT2D eigenvalue weighted by Gasteiger charge is -2.12. The molecule has 0 spiro atoms. The van der Waals surface area contributed by atoms with Crippen molar-refractivity contribution in [3.63, 3.8) is 0 Å². The summed E-state index contributed by atoms with van der Waals surface area (Å²) in [4.78, 5) is 0. The molecular weight excluding hydrogens is 289 g/mol. The van der Waals surface area contributed by atoms with Gasteiger partial charge in [-0.15, -0.1) is 0 Å². The van der Waals surface area contributed by atoms with E-state index in [0.29, 0.717) is 6.04 Å². The van der Waals surface area contributed by atoms with Crippen molar-refractivity contribution >= 4 is 23.2 Å². The molecule has 0 unspecified atom stereocenters. The predicted molar refractivity (Wildman–Crippen MR) is 86.5 cm³/mol. The second-order valence-corrected chi connectivity index (χ2v) is 6.26. The Morgan fingerprint density at radius 1 is 1.10 bits per heavy atom. The molecule has 3 heteroatoms. The van der Waals surface area contributed by atoms with Gasteiger partial charge in [-0.1, -0.05) is 41.4 Å². The molecule has 0 aromatic heterocycles. The Bertz CT molecular complexity index is 633. The van der Waals surface area contributed by atoms with Gasteiger partial charge in [0.25, 0.3) is 0 Å². The summed E-state index contributed by atoms with van der Waals surface area (Å²) >= 11 is 12.4. The molecule has 3 rings (SSSR count). The molecule has 0 radical (unpaired) electrons. The minimum Gasteiger partial charge on any atom is -0.310 e. The molecule has 1 fully saturated rings. The van der Waals surface area contributed by atoms with Gasteiger partial charge in [-0.25, -0.2) is 0 Å². The molecule has 1 aliphatic rings. The molecule has 1 nitrogen and oxygen atoms in total. The lowest BCUT2D eigenvalue weighted by Crippen LogP contribution is -2.15. The fraction of sp³-hybridized carbons (Fsp3) is 0.294. The number of benzene rings is 2. The molecule has 2 aromatic rings. The molecule has 104 valence electrons. The molecule has 1 saturated carbocycles. The maximum absolute atomic E-state index is 6.24. The third kappa shape index (κ3) is 3.17. The van der Waals surface area contributed by atoms with Crippen LogP contribution in [0.4, 0.5) is 0 Å². The number of rotatable bonds is 4. The van der Waals surface area contributed by atoms with Gasteiger partial charge in [0, 0.05) is 22.6 Å². The van der Waals surface area contributed by atoms with Crippen LogP contribution in [-0.2, 0) is 6.54 Å². The molecule has 2 aromatic carbocycles. The zero-order valence-electron chi connectivity index (χ0n) is 11.4. The van der Waals surface area contributed by atoms with E-state index in [1.165, 1.54) is 18.4 Å². The highest BCUT2D eigenvalue weighted by Gasteiger charge is 2.20. The summed E-state index contributed by atoms with van der Waals surface area (Å²) in [6.07, 6.45) is 2.58. The third-order valence-electron chi connectivity index (χ3n) is 3.71. The normalized spacial score (nSPS) is 14.6. The Labute approximate surface area is 129 Å². The van der Waals surface area contributed by atoms with Crippen molar-refractivity contribution in [2.45, 2.75) is 32.4 Å². The zero-order chi connectivity index (χ0) is 14.1. The van der Waals surface area contributed by atoms with Crippen molar-refractivity contribution in [2.75, 3.05) is 0 Å². The van der Waals surface area contributed by atoms with Crippen molar-refractivity contribution in [2.24, 2.45) is 0 Å². The van der Waals surface area contributed by atoms with Crippen molar-refractivity contribution in [1.82, 2.24) is 5.32 Å². The van der Waals surface area contributed by atoms with E-state index in [4.69, 9.17) is 23.2 Å². The smallest absolute Gasteiger partial charge is 0.0441 e. The fourth-order valence-corrected chi connectivity index (χ4v) is 2.63. The van der Waals surface area contributed by atoms with Crippen LogP contribution >= 0.6 is 23.2 Å². The standard InChI is InChI=1S/C17H17Cl2N/c1-11-2-3-12(8-17(11)19)16-9-14(18)5-4-13(16)10-20-15-6-7-15/h2-5,8-9,15,20H,6-7,10H2,1H3. The molecule has 0 amide bonds. The molecule has 0 bridgehead atoms. The Morgan fingerprint density at radius 3 is 2.60 bits per heavy atom. The second-order valence-electron chi connectivity index (χ2n) is 5.42. The van der Waals surface area contributed by atoms with E-state index in [-0.39, 0.29) is 0 Å². The van der Waals surface area contributed by atoms with Crippen molar-refractivity contribution in [3.8, 4) is 11.1 Å². The first-order valence-electron chi connectivity index (χ1n) is 6.92. The Hall–Kier alpha value is -1.02. The minimum atomic E-state index is 0.695. The quantitative estimate of drug-likeness (QED) is 0.816. The van der Waals surface area contributed by atoms with E-state index >= 15 is 0 Å². The molecule has 0 aliphatic heterocycles. The van der Waals surface area contributed by atoms with E-state index in [1.807, 2.05) is 25.1 Å². The number of halogens is 2. The number of aryl methyl sites for hydroxylation is 1. The molecule has 1 N–H and O–H groups in total. The average Bonchev–Trinajstić information content (AvgIpc) is 3.24. The third-order valence-corrected chi connectivity index (χ3v) is 4.36. The first-order valence-corrected chi connectivity index (χ1v) is 7.67. The summed E-state index contributed by atoms with van der Waals surface area (Å²) in [6.45, 7) is 2.89. The van der Waals surface area contributed by atoms with Gasteiger partial charge in [-0.3, -0.25) is 0 Å². The highest BCUT2D eigenvalue weighted by Crippen LogP contribution is 2.31. The second kappa shape index (κ2) is 5.77. The van der Waals surface area contributed by atoms with Gasteiger partial charge in [0.05, 0.1) is 0 Å². The average molecular weight is 306 g/mol. The molecule has 0 saturated heterocycles. The minimum absolute atomic E-state index is 0.695. The fourth-order valence-electron chi connectivity index (χ4n) is 2.27. The first kappa shape index (κ1) is 13.9. The molecule has 20 heavy (non-hydrogen) atoms. The van der Waals surface area contributed by atoms with Crippen LogP contribution in [0.25, 0.3) is 11.1 Å². The van der Waals surface area contributed by atoms with E-state index in [1.54, 1.807) is 0 Å². The van der Waals surface area contributed by atoms with Gasteiger partial charge < -0.3 is 5.32 Å². The lowest BCUT2D eigenvalue weighted by molar-refractivity contribution is 0.689. The Balaban J connectivity index is 1.96. The molecule has 0 atom stereocenters. The van der Waals surface area contributed by atoms with Crippen molar-refractivity contribution < 1.29 is 0 Å². The van der Waals surface area contributed by atoms with Gasteiger partial charge >= 0.3 is 0 Å². The zero-order valence-corrected chi connectivity index (χ0v) is 12.9. The number of nitrogens with one attached hydrogen (secondary N) is 1. The van der Waals surface area contributed by atoms with Gasteiger partial charge in [0.1, 0.15) is 0 Å². The Morgan fingerprint density at radius 2 is 1.90 bits per heavy atom.